The van der Waals surface area contributed by atoms with Gasteiger partial charge in [0.15, 0.2) is 0 Å². The van der Waals surface area contributed by atoms with Crippen molar-refractivity contribution in [1.82, 2.24) is 5.32 Å². The molecule has 1 aromatic rings. The van der Waals surface area contributed by atoms with Gasteiger partial charge in [0.25, 0.3) is 0 Å². The van der Waals surface area contributed by atoms with Crippen molar-refractivity contribution < 1.29 is 14.3 Å². The summed E-state index contributed by atoms with van der Waals surface area (Å²) in [5, 5.41) is 15.2. The number of urea groups is 1. The first kappa shape index (κ1) is 16.1. The van der Waals surface area contributed by atoms with Gasteiger partial charge in [-0.1, -0.05) is 6.42 Å². The largest absolute Gasteiger partial charge is 0.393 e. The molecule has 2 amide bonds. The molecule has 2 aliphatic rings. The van der Waals surface area contributed by atoms with Crippen molar-refractivity contribution in [2.75, 3.05) is 29.9 Å². The third-order valence-corrected chi connectivity index (χ3v) is 4.76. The zero-order valence-corrected chi connectivity index (χ0v) is 13.2. The minimum atomic E-state index is -0.359. The number of hydrogen-bond donors (Lipinski definition) is 3. The summed E-state index contributed by atoms with van der Waals surface area (Å²) >= 11 is 0. The van der Waals surface area contributed by atoms with Gasteiger partial charge in [0.2, 0.25) is 0 Å². The lowest BCUT2D eigenvalue weighted by Crippen LogP contribution is -2.35. The first-order chi connectivity index (χ1) is 11.1. The van der Waals surface area contributed by atoms with E-state index in [9.17, 15) is 14.3 Å². The SMILES string of the molecule is O=C(NC[C@@H]1CCC[C@H]1O)Nc1cc(F)cc(N2CCCC2)c1. The lowest BCUT2D eigenvalue weighted by Gasteiger charge is -2.19. The van der Waals surface area contributed by atoms with Crippen molar-refractivity contribution >= 4 is 17.4 Å². The van der Waals surface area contributed by atoms with E-state index < -0.39 is 0 Å². The number of halogens is 1. The van der Waals surface area contributed by atoms with Crippen LogP contribution in [0.2, 0.25) is 0 Å². The second-order valence-corrected chi connectivity index (χ2v) is 6.49. The average Bonchev–Trinajstić information content (AvgIpc) is 3.16. The Hall–Kier alpha value is -1.82. The highest BCUT2D eigenvalue weighted by atomic mass is 19.1. The molecule has 1 aliphatic carbocycles. The number of anilines is 2. The van der Waals surface area contributed by atoms with Gasteiger partial charge < -0.3 is 20.6 Å². The quantitative estimate of drug-likeness (QED) is 0.799. The minimum absolute atomic E-state index is 0.119. The van der Waals surface area contributed by atoms with Crippen molar-refractivity contribution in [2.45, 2.75) is 38.2 Å². The van der Waals surface area contributed by atoms with E-state index in [2.05, 4.69) is 15.5 Å². The molecule has 0 radical (unpaired) electrons. The van der Waals surface area contributed by atoms with E-state index in [0.29, 0.717) is 12.2 Å². The Morgan fingerprint density at radius 3 is 2.70 bits per heavy atom. The van der Waals surface area contributed by atoms with Crippen LogP contribution in [0.25, 0.3) is 0 Å². The van der Waals surface area contributed by atoms with Gasteiger partial charge in [0.1, 0.15) is 5.82 Å². The summed E-state index contributed by atoms with van der Waals surface area (Å²) in [6, 6.07) is 4.27. The van der Waals surface area contributed by atoms with Crippen LogP contribution in [-0.2, 0) is 0 Å². The van der Waals surface area contributed by atoms with Crippen molar-refractivity contribution in [3.8, 4) is 0 Å². The van der Waals surface area contributed by atoms with Crippen LogP contribution < -0.4 is 15.5 Å². The van der Waals surface area contributed by atoms with Crippen LogP contribution in [0.4, 0.5) is 20.6 Å². The highest BCUT2D eigenvalue weighted by Gasteiger charge is 2.25. The van der Waals surface area contributed by atoms with Crippen LogP contribution in [-0.4, -0.2) is 36.9 Å². The molecule has 1 saturated heterocycles. The fraction of sp³-hybridized carbons (Fsp3) is 0.588. The van der Waals surface area contributed by atoms with Crippen molar-refractivity contribution in [3.05, 3.63) is 24.0 Å². The number of carbonyl (C=O) groups is 1. The summed E-state index contributed by atoms with van der Waals surface area (Å²) in [6.07, 6.45) is 4.63. The number of rotatable bonds is 4. The highest BCUT2D eigenvalue weighted by molar-refractivity contribution is 5.89. The third kappa shape index (κ3) is 4.13. The highest BCUT2D eigenvalue weighted by Crippen LogP contribution is 2.26. The van der Waals surface area contributed by atoms with E-state index in [4.69, 9.17) is 0 Å². The van der Waals surface area contributed by atoms with Crippen LogP contribution in [0.5, 0.6) is 0 Å². The maximum atomic E-state index is 13.8. The van der Waals surface area contributed by atoms with E-state index in [1.807, 2.05) is 0 Å². The Morgan fingerprint density at radius 2 is 2.00 bits per heavy atom. The molecule has 2 fully saturated rings. The van der Waals surface area contributed by atoms with Crippen LogP contribution in [0.3, 0.4) is 0 Å². The number of benzene rings is 1. The van der Waals surface area contributed by atoms with Gasteiger partial charge in [-0.2, -0.15) is 0 Å². The molecule has 2 atom stereocenters. The Kier molecular flexibility index (Phi) is 5.00. The van der Waals surface area contributed by atoms with Gasteiger partial charge in [-0.05, 0) is 43.9 Å². The van der Waals surface area contributed by atoms with Crippen molar-refractivity contribution in [1.29, 1.82) is 0 Å². The topological polar surface area (TPSA) is 64.6 Å². The van der Waals surface area contributed by atoms with Crippen LogP contribution in [0, 0.1) is 11.7 Å². The molecule has 0 unspecified atom stereocenters. The molecule has 1 aliphatic heterocycles. The third-order valence-electron chi connectivity index (χ3n) is 4.76. The molecule has 1 saturated carbocycles. The molecule has 5 nitrogen and oxygen atoms in total. The first-order valence-corrected chi connectivity index (χ1v) is 8.40. The number of aliphatic hydroxyl groups is 1. The van der Waals surface area contributed by atoms with Gasteiger partial charge >= 0.3 is 6.03 Å². The fourth-order valence-corrected chi connectivity index (χ4v) is 3.46. The fourth-order valence-electron chi connectivity index (χ4n) is 3.46. The molecule has 126 valence electrons. The normalized spacial score (nSPS) is 24.0. The summed E-state index contributed by atoms with van der Waals surface area (Å²) in [5.74, 6) is -0.232. The molecule has 1 heterocycles. The number of amides is 2. The Bertz CT molecular complexity index is 561. The summed E-state index contributed by atoms with van der Waals surface area (Å²) < 4.78 is 13.8. The molecule has 0 aromatic heterocycles. The lowest BCUT2D eigenvalue weighted by molar-refractivity contribution is 0.133. The van der Waals surface area contributed by atoms with Gasteiger partial charge in [0, 0.05) is 36.9 Å². The molecule has 3 rings (SSSR count). The van der Waals surface area contributed by atoms with E-state index in [-0.39, 0.29) is 23.9 Å². The van der Waals surface area contributed by atoms with Gasteiger partial charge in [0.05, 0.1) is 6.10 Å². The van der Waals surface area contributed by atoms with Crippen LogP contribution in [0.15, 0.2) is 18.2 Å². The average molecular weight is 321 g/mol. The summed E-state index contributed by atoms with van der Waals surface area (Å²) in [5.41, 5.74) is 1.26. The molecule has 0 spiro atoms. The second-order valence-electron chi connectivity index (χ2n) is 6.49. The first-order valence-electron chi connectivity index (χ1n) is 8.40. The van der Waals surface area contributed by atoms with E-state index in [1.54, 1.807) is 6.07 Å². The van der Waals surface area contributed by atoms with Crippen molar-refractivity contribution in [2.24, 2.45) is 5.92 Å². The summed E-state index contributed by atoms with van der Waals surface area (Å²) in [4.78, 5) is 14.1. The molecule has 23 heavy (non-hydrogen) atoms. The monoisotopic (exact) mass is 321 g/mol. The molecular weight excluding hydrogens is 297 g/mol. The van der Waals surface area contributed by atoms with Gasteiger partial charge in [-0.25, -0.2) is 9.18 Å². The number of nitrogens with zero attached hydrogens (tertiary/aromatic N) is 1. The zero-order chi connectivity index (χ0) is 16.2. The van der Waals surface area contributed by atoms with Crippen LogP contribution >= 0.6 is 0 Å². The zero-order valence-electron chi connectivity index (χ0n) is 13.2. The van der Waals surface area contributed by atoms with Gasteiger partial charge in [-0.15, -0.1) is 0 Å². The molecule has 0 bridgehead atoms. The minimum Gasteiger partial charge on any atom is -0.393 e. The Labute approximate surface area is 135 Å². The Balaban J connectivity index is 1.57. The smallest absolute Gasteiger partial charge is 0.319 e. The van der Waals surface area contributed by atoms with E-state index in [0.717, 1.165) is 50.9 Å². The molecule has 1 aromatic carbocycles. The van der Waals surface area contributed by atoms with E-state index in [1.165, 1.54) is 12.1 Å². The molecule has 3 N–H and O–H groups in total. The standard InChI is InChI=1S/C17H24FN3O2/c18-13-8-14(10-15(9-13)21-6-1-2-7-21)20-17(23)19-11-12-4-3-5-16(12)22/h8-10,12,16,22H,1-7,11H2,(H2,19,20,23)/t12-,16+/m0/s1. The lowest BCUT2D eigenvalue weighted by atomic mass is 10.1. The number of aliphatic hydroxyl groups excluding tert-OH is 1. The number of carbonyl (C=O) groups excluding carboxylic acids is 1. The van der Waals surface area contributed by atoms with Crippen LogP contribution in [0.1, 0.15) is 32.1 Å². The van der Waals surface area contributed by atoms with E-state index >= 15 is 0 Å². The Morgan fingerprint density at radius 1 is 1.22 bits per heavy atom. The number of nitrogens with one attached hydrogen (secondary N) is 2. The maximum Gasteiger partial charge on any atom is 0.319 e. The second kappa shape index (κ2) is 7.17. The predicted octanol–water partition coefficient (Wildman–Crippen LogP) is 2.71. The van der Waals surface area contributed by atoms with Gasteiger partial charge in [-0.3, -0.25) is 0 Å². The summed E-state index contributed by atoms with van der Waals surface area (Å²) in [7, 11) is 0. The summed E-state index contributed by atoms with van der Waals surface area (Å²) in [6.45, 7) is 2.30. The number of hydrogen-bond acceptors (Lipinski definition) is 3. The predicted molar refractivity (Wildman–Crippen MR) is 88.2 cm³/mol. The molecular formula is C17H24FN3O2. The maximum absolute atomic E-state index is 13.8. The van der Waals surface area contributed by atoms with Crippen molar-refractivity contribution in [3.63, 3.8) is 0 Å². The molecule has 6 heteroatoms.